The van der Waals surface area contributed by atoms with Gasteiger partial charge < -0.3 is 4.74 Å². The van der Waals surface area contributed by atoms with Crippen LogP contribution >= 0.6 is 11.6 Å². The zero-order valence-electron chi connectivity index (χ0n) is 9.73. The highest BCUT2D eigenvalue weighted by Gasteiger charge is 2.07. The van der Waals surface area contributed by atoms with Crippen LogP contribution in [0, 0.1) is 5.95 Å². The van der Waals surface area contributed by atoms with Crippen molar-refractivity contribution in [1.82, 2.24) is 15.2 Å². The van der Waals surface area contributed by atoms with Crippen LogP contribution in [-0.4, -0.2) is 15.2 Å². The molecule has 6 heteroatoms. The SMILES string of the molecule is Fc1cccc(COc2cc3[nH]ncc3cc2Cl)n1. The summed E-state index contributed by atoms with van der Waals surface area (Å²) in [5, 5.41) is 8.12. The number of H-pyrrole nitrogens is 1. The molecule has 0 aliphatic carbocycles. The number of pyridine rings is 1. The van der Waals surface area contributed by atoms with Crippen LogP contribution in [0.5, 0.6) is 5.75 Å². The standard InChI is InChI=1S/C13H9ClFN3O/c14-10-4-8-6-16-18-11(8)5-12(10)19-7-9-2-1-3-13(15)17-9/h1-6H,7H2,(H,16,18). The van der Waals surface area contributed by atoms with Crippen molar-refractivity contribution in [3.8, 4) is 5.75 Å². The van der Waals surface area contributed by atoms with Gasteiger partial charge >= 0.3 is 0 Å². The zero-order chi connectivity index (χ0) is 13.2. The van der Waals surface area contributed by atoms with Crippen molar-refractivity contribution in [2.75, 3.05) is 0 Å². The van der Waals surface area contributed by atoms with E-state index in [0.717, 1.165) is 10.9 Å². The Labute approximate surface area is 113 Å². The van der Waals surface area contributed by atoms with Crippen molar-refractivity contribution in [1.29, 1.82) is 0 Å². The van der Waals surface area contributed by atoms with E-state index in [2.05, 4.69) is 15.2 Å². The van der Waals surface area contributed by atoms with Crippen LogP contribution in [0.3, 0.4) is 0 Å². The minimum absolute atomic E-state index is 0.150. The molecule has 4 nitrogen and oxygen atoms in total. The zero-order valence-corrected chi connectivity index (χ0v) is 10.5. The van der Waals surface area contributed by atoms with Crippen molar-refractivity contribution in [3.63, 3.8) is 0 Å². The third-order valence-electron chi connectivity index (χ3n) is 2.64. The molecule has 0 spiro atoms. The largest absolute Gasteiger partial charge is 0.486 e. The van der Waals surface area contributed by atoms with Gasteiger partial charge in [-0.15, -0.1) is 0 Å². The average molecular weight is 278 g/mol. The molecule has 3 aromatic rings. The second-order valence-corrected chi connectivity index (χ2v) is 4.39. The van der Waals surface area contributed by atoms with Crippen LogP contribution in [0.25, 0.3) is 10.9 Å². The summed E-state index contributed by atoms with van der Waals surface area (Å²) in [6.45, 7) is 0.150. The molecule has 0 saturated heterocycles. The lowest BCUT2D eigenvalue weighted by Crippen LogP contribution is -1.99. The lowest BCUT2D eigenvalue weighted by Gasteiger charge is -2.07. The van der Waals surface area contributed by atoms with E-state index in [9.17, 15) is 4.39 Å². The number of aromatic amines is 1. The van der Waals surface area contributed by atoms with E-state index in [1.807, 2.05) is 0 Å². The topological polar surface area (TPSA) is 50.8 Å². The van der Waals surface area contributed by atoms with Crippen molar-refractivity contribution in [2.24, 2.45) is 0 Å². The van der Waals surface area contributed by atoms with Gasteiger partial charge in [-0.2, -0.15) is 9.49 Å². The second-order valence-electron chi connectivity index (χ2n) is 3.98. The van der Waals surface area contributed by atoms with Crippen LogP contribution in [0.1, 0.15) is 5.69 Å². The Hall–Kier alpha value is -2.14. The Kier molecular flexibility index (Phi) is 3.05. The molecule has 3 rings (SSSR count). The van der Waals surface area contributed by atoms with Crippen molar-refractivity contribution in [2.45, 2.75) is 6.61 Å². The number of hydrogen-bond acceptors (Lipinski definition) is 3. The smallest absolute Gasteiger partial charge is 0.213 e. The normalized spacial score (nSPS) is 10.8. The monoisotopic (exact) mass is 277 g/mol. The second kappa shape index (κ2) is 4.85. The van der Waals surface area contributed by atoms with E-state index >= 15 is 0 Å². The Balaban J connectivity index is 1.83. The van der Waals surface area contributed by atoms with E-state index < -0.39 is 5.95 Å². The molecule has 0 fully saturated rings. The third kappa shape index (κ3) is 2.51. The van der Waals surface area contributed by atoms with E-state index in [4.69, 9.17) is 16.3 Å². The van der Waals surface area contributed by atoms with Gasteiger partial charge in [-0.05, 0) is 18.2 Å². The first-order valence-corrected chi connectivity index (χ1v) is 5.97. The van der Waals surface area contributed by atoms with Crippen LogP contribution in [0.2, 0.25) is 5.02 Å². The van der Waals surface area contributed by atoms with Gasteiger partial charge in [0.1, 0.15) is 12.4 Å². The molecule has 1 N–H and O–H groups in total. The Morgan fingerprint density at radius 1 is 1.32 bits per heavy atom. The number of hydrogen-bond donors (Lipinski definition) is 1. The Morgan fingerprint density at radius 2 is 2.21 bits per heavy atom. The third-order valence-corrected chi connectivity index (χ3v) is 2.94. The van der Waals surface area contributed by atoms with Crippen LogP contribution in [-0.2, 0) is 6.61 Å². The maximum absolute atomic E-state index is 12.9. The molecule has 0 bridgehead atoms. The summed E-state index contributed by atoms with van der Waals surface area (Å²) in [7, 11) is 0. The van der Waals surface area contributed by atoms with Gasteiger partial charge in [0.05, 0.1) is 22.4 Å². The van der Waals surface area contributed by atoms with Crippen molar-refractivity contribution in [3.05, 3.63) is 53.2 Å². The van der Waals surface area contributed by atoms with Crippen LogP contribution in [0.4, 0.5) is 4.39 Å². The number of fused-ring (bicyclic) bond motifs is 1. The number of nitrogens with one attached hydrogen (secondary N) is 1. The van der Waals surface area contributed by atoms with Gasteiger partial charge in [0.2, 0.25) is 5.95 Å². The van der Waals surface area contributed by atoms with Gasteiger partial charge in [0, 0.05) is 11.5 Å². The van der Waals surface area contributed by atoms with Gasteiger partial charge in [-0.1, -0.05) is 17.7 Å². The van der Waals surface area contributed by atoms with E-state index in [1.165, 1.54) is 6.07 Å². The fourth-order valence-corrected chi connectivity index (χ4v) is 1.96. The van der Waals surface area contributed by atoms with Gasteiger partial charge in [0.25, 0.3) is 0 Å². The molecular formula is C13H9ClFN3O. The molecule has 2 heterocycles. The van der Waals surface area contributed by atoms with E-state index in [0.29, 0.717) is 16.5 Å². The van der Waals surface area contributed by atoms with E-state index in [1.54, 1.807) is 30.5 Å². The summed E-state index contributed by atoms with van der Waals surface area (Å²) >= 11 is 6.10. The van der Waals surface area contributed by atoms with Crippen molar-refractivity contribution >= 4 is 22.5 Å². The predicted octanol–water partition coefficient (Wildman–Crippen LogP) is 3.33. The summed E-state index contributed by atoms with van der Waals surface area (Å²) in [5.74, 6) is -0.0271. The number of benzene rings is 1. The predicted molar refractivity (Wildman–Crippen MR) is 69.6 cm³/mol. The lowest BCUT2D eigenvalue weighted by atomic mass is 10.2. The molecular weight excluding hydrogens is 269 g/mol. The maximum atomic E-state index is 12.9. The molecule has 0 unspecified atom stereocenters. The molecule has 1 aromatic carbocycles. The minimum atomic E-state index is -0.531. The summed E-state index contributed by atoms with van der Waals surface area (Å²) in [6, 6.07) is 8.07. The number of nitrogens with zero attached hydrogens (tertiary/aromatic N) is 2. The molecule has 0 radical (unpaired) electrons. The lowest BCUT2D eigenvalue weighted by molar-refractivity contribution is 0.300. The van der Waals surface area contributed by atoms with Gasteiger partial charge in [-0.25, -0.2) is 4.98 Å². The first-order valence-electron chi connectivity index (χ1n) is 5.59. The number of ether oxygens (including phenoxy) is 1. The fraction of sp³-hybridized carbons (Fsp3) is 0.0769. The quantitative estimate of drug-likeness (QED) is 0.747. The summed E-state index contributed by atoms with van der Waals surface area (Å²) in [4.78, 5) is 3.72. The first-order chi connectivity index (χ1) is 9.22. The molecule has 0 amide bonds. The molecule has 2 aromatic heterocycles. The maximum Gasteiger partial charge on any atom is 0.213 e. The van der Waals surface area contributed by atoms with Gasteiger partial charge in [-0.3, -0.25) is 5.10 Å². The Morgan fingerprint density at radius 3 is 3.05 bits per heavy atom. The molecule has 0 atom stereocenters. The summed E-state index contributed by atoms with van der Waals surface area (Å²) in [5.41, 5.74) is 1.33. The van der Waals surface area contributed by atoms with Crippen LogP contribution in [0.15, 0.2) is 36.5 Å². The minimum Gasteiger partial charge on any atom is -0.486 e. The first kappa shape index (κ1) is 11.9. The van der Waals surface area contributed by atoms with Crippen LogP contribution < -0.4 is 4.74 Å². The molecule has 19 heavy (non-hydrogen) atoms. The molecule has 96 valence electrons. The highest BCUT2D eigenvalue weighted by molar-refractivity contribution is 6.32. The number of halogens is 2. The highest BCUT2D eigenvalue weighted by atomic mass is 35.5. The Bertz CT molecular complexity index is 729. The van der Waals surface area contributed by atoms with Gasteiger partial charge in [0.15, 0.2) is 0 Å². The number of rotatable bonds is 3. The summed E-state index contributed by atoms with van der Waals surface area (Å²) < 4.78 is 18.5. The highest BCUT2D eigenvalue weighted by Crippen LogP contribution is 2.29. The molecule has 0 aliphatic heterocycles. The average Bonchev–Trinajstić information content (AvgIpc) is 2.83. The molecule has 0 aliphatic rings. The fourth-order valence-electron chi connectivity index (χ4n) is 1.74. The molecule has 0 saturated carbocycles. The number of aromatic nitrogens is 3. The summed E-state index contributed by atoms with van der Waals surface area (Å²) in [6.07, 6.45) is 1.68. The van der Waals surface area contributed by atoms with Crippen molar-refractivity contribution < 1.29 is 9.13 Å². The van der Waals surface area contributed by atoms with E-state index in [-0.39, 0.29) is 6.61 Å².